The smallest absolute Gasteiger partial charge is 0.213 e. The number of ether oxygens (including phenoxy) is 2. The molecule has 4 nitrogen and oxygen atoms in total. The molecule has 6 heteroatoms. The molecule has 0 spiro atoms. The van der Waals surface area contributed by atoms with Gasteiger partial charge in [-0.1, -0.05) is 47.5 Å². The van der Waals surface area contributed by atoms with Crippen molar-refractivity contribution in [1.82, 2.24) is 10.3 Å². The van der Waals surface area contributed by atoms with Crippen LogP contribution in [0.2, 0.25) is 10.0 Å². The molecule has 0 radical (unpaired) electrons. The first-order chi connectivity index (χ1) is 13.7. The molecule has 28 heavy (non-hydrogen) atoms. The lowest BCUT2D eigenvalue weighted by atomic mass is 10.2. The van der Waals surface area contributed by atoms with Crippen molar-refractivity contribution in [1.29, 1.82) is 0 Å². The van der Waals surface area contributed by atoms with Gasteiger partial charge in [-0.15, -0.1) is 0 Å². The Labute approximate surface area is 175 Å². The molecule has 3 rings (SSSR count). The summed E-state index contributed by atoms with van der Waals surface area (Å²) in [5, 5.41) is 4.49. The summed E-state index contributed by atoms with van der Waals surface area (Å²) in [7, 11) is 0. The van der Waals surface area contributed by atoms with Gasteiger partial charge in [-0.2, -0.15) is 0 Å². The van der Waals surface area contributed by atoms with Gasteiger partial charge in [-0.05, 0) is 54.4 Å². The van der Waals surface area contributed by atoms with Crippen LogP contribution >= 0.6 is 23.2 Å². The summed E-state index contributed by atoms with van der Waals surface area (Å²) in [5.41, 5.74) is 2.14. The number of nitrogens with zero attached hydrogens (tertiary/aromatic N) is 1. The first-order valence-electron chi connectivity index (χ1n) is 9.11. The van der Waals surface area contributed by atoms with Crippen molar-refractivity contribution >= 4 is 23.2 Å². The Morgan fingerprint density at radius 3 is 2.61 bits per heavy atom. The van der Waals surface area contributed by atoms with Crippen LogP contribution < -0.4 is 14.8 Å². The minimum Gasteiger partial charge on any atom is -0.489 e. The highest BCUT2D eigenvalue weighted by molar-refractivity contribution is 6.42. The second-order valence-corrected chi connectivity index (χ2v) is 7.05. The highest BCUT2D eigenvalue weighted by Crippen LogP contribution is 2.23. The van der Waals surface area contributed by atoms with Gasteiger partial charge in [-0.25, -0.2) is 4.98 Å². The number of aromatic nitrogens is 1. The van der Waals surface area contributed by atoms with Gasteiger partial charge in [0.05, 0.1) is 16.7 Å². The molecule has 0 fully saturated rings. The third kappa shape index (κ3) is 6.71. The molecule has 146 valence electrons. The van der Waals surface area contributed by atoms with E-state index < -0.39 is 0 Å². The fourth-order valence-corrected chi connectivity index (χ4v) is 2.90. The van der Waals surface area contributed by atoms with Gasteiger partial charge in [0.25, 0.3) is 0 Å². The topological polar surface area (TPSA) is 43.4 Å². The Kier molecular flexibility index (Phi) is 7.97. The van der Waals surface area contributed by atoms with Crippen LogP contribution in [0.25, 0.3) is 0 Å². The molecule has 1 N–H and O–H groups in total. The quantitative estimate of drug-likeness (QED) is 0.441. The van der Waals surface area contributed by atoms with E-state index in [2.05, 4.69) is 16.4 Å². The Morgan fingerprint density at radius 1 is 0.857 bits per heavy atom. The third-order valence-electron chi connectivity index (χ3n) is 4.00. The first-order valence-corrected chi connectivity index (χ1v) is 9.86. The van der Waals surface area contributed by atoms with Crippen LogP contribution in [-0.2, 0) is 13.2 Å². The number of benzene rings is 2. The van der Waals surface area contributed by atoms with E-state index in [0.29, 0.717) is 29.1 Å². The third-order valence-corrected chi connectivity index (χ3v) is 4.74. The molecule has 0 aliphatic heterocycles. The minimum atomic E-state index is 0.443. The molecule has 0 saturated carbocycles. The van der Waals surface area contributed by atoms with Crippen molar-refractivity contribution in [2.45, 2.75) is 19.6 Å². The molecule has 0 unspecified atom stereocenters. The lowest BCUT2D eigenvalue weighted by Gasteiger charge is -2.10. The van der Waals surface area contributed by atoms with Crippen LogP contribution in [0.15, 0.2) is 66.9 Å². The van der Waals surface area contributed by atoms with Crippen LogP contribution in [0.3, 0.4) is 0 Å². The first kappa shape index (κ1) is 20.5. The van der Waals surface area contributed by atoms with Gasteiger partial charge < -0.3 is 14.8 Å². The molecule has 1 heterocycles. The van der Waals surface area contributed by atoms with Crippen molar-refractivity contribution in [3.05, 3.63) is 88.0 Å². The second-order valence-electron chi connectivity index (χ2n) is 6.23. The molecule has 0 aliphatic carbocycles. The zero-order chi connectivity index (χ0) is 19.6. The summed E-state index contributed by atoms with van der Waals surface area (Å²) in [6.07, 6.45) is 2.63. The summed E-state index contributed by atoms with van der Waals surface area (Å²) in [4.78, 5) is 4.13. The predicted molar refractivity (Wildman–Crippen MR) is 113 cm³/mol. The number of rotatable bonds is 10. The zero-order valence-corrected chi connectivity index (χ0v) is 16.9. The zero-order valence-electron chi connectivity index (χ0n) is 15.4. The largest absolute Gasteiger partial charge is 0.489 e. The fraction of sp³-hybridized carbons (Fsp3) is 0.227. The summed E-state index contributed by atoms with van der Waals surface area (Å²) in [6, 6.07) is 19.2. The molecule has 3 aromatic rings. The van der Waals surface area contributed by atoms with Crippen LogP contribution in [0.5, 0.6) is 11.6 Å². The molecule has 0 bridgehead atoms. The number of pyridine rings is 1. The SMILES string of the molecule is Clc1ccc(COc2cccc(CNCCCOc3ccccn3)c2)cc1Cl. The minimum absolute atomic E-state index is 0.443. The molecule has 2 aromatic carbocycles. The van der Waals surface area contributed by atoms with E-state index >= 15 is 0 Å². The maximum atomic E-state index is 6.04. The van der Waals surface area contributed by atoms with E-state index in [-0.39, 0.29) is 0 Å². The highest BCUT2D eigenvalue weighted by atomic mass is 35.5. The van der Waals surface area contributed by atoms with Crippen LogP contribution in [-0.4, -0.2) is 18.1 Å². The normalized spacial score (nSPS) is 10.6. The lowest BCUT2D eigenvalue weighted by Crippen LogP contribution is -2.17. The van der Waals surface area contributed by atoms with Gasteiger partial charge >= 0.3 is 0 Å². The Hall–Kier alpha value is -2.27. The van der Waals surface area contributed by atoms with Crippen LogP contribution in [0, 0.1) is 0 Å². The van der Waals surface area contributed by atoms with Gasteiger partial charge in [0.2, 0.25) is 5.88 Å². The number of hydrogen-bond acceptors (Lipinski definition) is 4. The second kappa shape index (κ2) is 10.9. The lowest BCUT2D eigenvalue weighted by molar-refractivity contribution is 0.296. The summed E-state index contributed by atoms with van der Waals surface area (Å²) < 4.78 is 11.4. The van der Waals surface area contributed by atoms with Gasteiger partial charge in [0.15, 0.2) is 0 Å². The number of hydrogen-bond donors (Lipinski definition) is 1. The summed E-state index contributed by atoms with van der Waals surface area (Å²) in [6.45, 7) is 2.71. The van der Waals surface area contributed by atoms with E-state index in [4.69, 9.17) is 32.7 Å². The molecule has 1 aromatic heterocycles. The Balaban J connectivity index is 1.37. The molecular weight excluding hydrogens is 395 g/mol. The van der Waals surface area contributed by atoms with Crippen molar-refractivity contribution < 1.29 is 9.47 Å². The average molecular weight is 417 g/mol. The van der Waals surface area contributed by atoms with Crippen LogP contribution in [0.1, 0.15) is 17.5 Å². The maximum Gasteiger partial charge on any atom is 0.213 e. The molecular formula is C22H22Cl2N2O2. The van der Waals surface area contributed by atoms with E-state index in [1.165, 1.54) is 0 Å². The van der Waals surface area contributed by atoms with Gasteiger partial charge in [0.1, 0.15) is 12.4 Å². The standard InChI is InChI=1S/C22H22Cl2N2O2/c23-20-9-8-18(14-21(20)24)16-28-19-6-3-5-17(13-19)15-25-10-4-12-27-22-7-1-2-11-26-22/h1-3,5-9,11,13-14,25H,4,10,12,15-16H2. The molecule has 0 saturated heterocycles. The van der Waals surface area contributed by atoms with Crippen molar-refractivity contribution in [2.75, 3.05) is 13.2 Å². The van der Waals surface area contributed by atoms with Crippen molar-refractivity contribution in [3.63, 3.8) is 0 Å². The molecule has 0 amide bonds. The summed E-state index contributed by atoms with van der Waals surface area (Å²) in [5.74, 6) is 1.48. The summed E-state index contributed by atoms with van der Waals surface area (Å²) >= 11 is 12.0. The van der Waals surface area contributed by atoms with Crippen molar-refractivity contribution in [2.24, 2.45) is 0 Å². The monoisotopic (exact) mass is 416 g/mol. The van der Waals surface area contributed by atoms with Crippen molar-refractivity contribution in [3.8, 4) is 11.6 Å². The Bertz CT molecular complexity index is 875. The maximum absolute atomic E-state index is 6.04. The number of halogens is 2. The van der Waals surface area contributed by atoms with E-state index in [9.17, 15) is 0 Å². The van der Waals surface area contributed by atoms with E-state index in [1.807, 2.05) is 48.5 Å². The average Bonchev–Trinajstić information content (AvgIpc) is 2.72. The Morgan fingerprint density at radius 2 is 1.79 bits per heavy atom. The van der Waals surface area contributed by atoms with E-state index in [0.717, 1.165) is 36.4 Å². The van der Waals surface area contributed by atoms with Crippen LogP contribution in [0.4, 0.5) is 0 Å². The molecule has 0 atom stereocenters. The van der Waals surface area contributed by atoms with Gasteiger partial charge in [0, 0.05) is 18.8 Å². The predicted octanol–water partition coefficient (Wildman–Crippen LogP) is 5.53. The fourth-order valence-electron chi connectivity index (χ4n) is 2.58. The number of nitrogens with one attached hydrogen (secondary N) is 1. The highest BCUT2D eigenvalue weighted by Gasteiger charge is 2.02. The van der Waals surface area contributed by atoms with E-state index in [1.54, 1.807) is 12.3 Å². The van der Waals surface area contributed by atoms with Gasteiger partial charge in [-0.3, -0.25) is 0 Å². The molecule has 0 aliphatic rings.